The van der Waals surface area contributed by atoms with E-state index in [1.807, 2.05) is 13.8 Å². The van der Waals surface area contributed by atoms with E-state index in [9.17, 15) is 14.4 Å². The van der Waals surface area contributed by atoms with Crippen molar-refractivity contribution in [3.05, 3.63) is 40.9 Å². The van der Waals surface area contributed by atoms with Gasteiger partial charge >= 0.3 is 6.03 Å². The van der Waals surface area contributed by atoms with Crippen LogP contribution in [0.3, 0.4) is 0 Å². The third kappa shape index (κ3) is 3.98. The van der Waals surface area contributed by atoms with Crippen LogP contribution < -0.4 is 10.9 Å². The molecule has 8 nitrogen and oxygen atoms in total. The summed E-state index contributed by atoms with van der Waals surface area (Å²) in [6, 6.07) is 4.86. The smallest absolute Gasteiger partial charge is 0.317 e. The van der Waals surface area contributed by atoms with Gasteiger partial charge in [0.15, 0.2) is 5.65 Å². The summed E-state index contributed by atoms with van der Waals surface area (Å²) in [4.78, 5) is 44.8. The summed E-state index contributed by atoms with van der Waals surface area (Å²) >= 11 is 1.05. The third-order valence-electron chi connectivity index (χ3n) is 4.02. The van der Waals surface area contributed by atoms with Crippen molar-refractivity contribution in [2.75, 3.05) is 26.2 Å². The number of nitrogens with one attached hydrogen (secondary N) is 1. The van der Waals surface area contributed by atoms with Gasteiger partial charge in [-0.25, -0.2) is 9.78 Å². The minimum atomic E-state index is -0.185. The number of hydrogen-bond donors (Lipinski definition) is 1. The molecule has 138 valence electrons. The number of urea groups is 1. The van der Waals surface area contributed by atoms with Gasteiger partial charge < -0.3 is 15.1 Å². The predicted molar refractivity (Wildman–Crippen MR) is 99.5 cm³/mol. The van der Waals surface area contributed by atoms with Crippen LogP contribution in [0.25, 0.3) is 5.65 Å². The molecule has 2 aromatic heterocycles. The topological polar surface area (TPSA) is 87.0 Å². The first kappa shape index (κ1) is 18.2. The molecule has 0 bridgehead atoms. The summed E-state index contributed by atoms with van der Waals surface area (Å²) in [6.45, 7) is 5.79. The molecular formula is C17H21N5O3S. The molecule has 3 amide bonds. The van der Waals surface area contributed by atoms with E-state index in [4.69, 9.17) is 0 Å². The van der Waals surface area contributed by atoms with E-state index in [1.54, 1.807) is 28.1 Å². The number of aromatic nitrogens is 2. The molecule has 0 unspecified atom stereocenters. The highest BCUT2D eigenvalue weighted by atomic mass is 32.2. The van der Waals surface area contributed by atoms with Gasteiger partial charge in [0.05, 0.1) is 4.90 Å². The second kappa shape index (κ2) is 7.77. The van der Waals surface area contributed by atoms with E-state index >= 15 is 0 Å². The van der Waals surface area contributed by atoms with Crippen molar-refractivity contribution in [1.82, 2.24) is 24.5 Å². The lowest BCUT2D eigenvalue weighted by Crippen LogP contribution is -2.53. The molecule has 0 aromatic carbocycles. The monoisotopic (exact) mass is 375 g/mol. The molecule has 1 aliphatic rings. The van der Waals surface area contributed by atoms with Crippen molar-refractivity contribution in [1.29, 1.82) is 0 Å². The Labute approximate surface area is 155 Å². The van der Waals surface area contributed by atoms with Crippen LogP contribution in [0.1, 0.15) is 13.8 Å². The Bertz CT molecular complexity index is 874. The third-order valence-corrected chi connectivity index (χ3v) is 4.99. The predicted octanol–water partition coefficient (Wildman–Crippen LogP) is 1.64. The highest BCUT2D eigenvalue weighted by molar-refractivity contribution is 8.13. The molecule has 0 aliphatic carbocycles. The number of fused-ring (bicyclic) bond motifs is 1. The van der Waals surface area contributed by atoms with Gasteiger partial charge in [-0.1, -0.05) is 0 Å². The van der Waals surface area contributed by atoms with Crippen molar-refractivity contribution >= 4 is 28.7 Å². The number of amides is 3. The molecule has 0 radical (unpaired) electrons. The van der Waals surface area contributed by atoms with E-state index in [-0.39, 0.29) is 22.9 Å². The van der Waals surface area contributed by atoms with Crippen LogP contribution in [0.4, 0.5) is 9.59 Å². The molecule has 0 atom stereocenters. The first-order valence-corrected chi connectivity index (χ1v) is 9.26. The number of carbonyl (C=O) groups excluding carboxylic acids is 2. The summed E-state index contributed by atoms with van der Waals surface area (Å²) in [5.41, 5.74) is 0.281. The normalized spacial score (nSPS) is 14.7. The molecule has 26 heavy (non-hydrogen) atoms. The van der Waals surface area contributed by atoms with Gasteiger partial charge in [0.1, 0.15) is 0 Å². The lowest BCUT2D eigenvalue weighted by atomic mass is 10.3. The molecule has 1 fully saturated rings. The van der Waals surface area contributed by atoms with Gasteiger partial charge in [-0.15, -0.1) is 0 Å². The molecule has 2 aromatic rings. The molecule has 1 N–H and O–H groups in total. The average Bonchev–Trinajstić information content (AvgIpc) is 2.62. The van der Waals surface area contributed by atoms with E-state index in [0.29, 0.717) is 36.7 Å². The number of piperazine rings is 1. The zero-order valence-electron chi connectivity index (χ0n) is 14.7. The van der Waals surface area contributed by atoms with Crippen LogP contribution in [-0.2, 0) is 0 Å². The van der Waals surface area contributed by atoms with E-state index < -0.39 is 0 Å². The molecule has 0 saturated carbocycles. The minimum absolute atomic E-state index is 0.0833. The van der Waals surface area contributed by atoms with E-state index in [2.05, 4.69) is 10.3 Å². The Balaban J connectivity index is 1.65. The number of pyridine rings is 1. The zero-order valence-corrected chi connectivity index (χ0v) is 15.5. The van der Waals surface area contributed by atoms with E-state index in [0.717, 1.165) is 11.8 Å². The van der Waals surface area contributed by atoms with Gasteiger partial charge in [0, 0.05) is 50.7 Å². The maximum Gasteiger partial charge on any atom is 0.317 e. The Morgan fingerprint density at radius 1 is 1.15 bits per heavy atom. The van der Waals surface area contributed by atoms with Crippen molar-refractivity contribution < 1.29 is 9.59 Å². The zero-order chi connectivity index (χ0) is 18.7. The largest absolute Gasteiger partial charge is 0.336 e. The summed E-state index contributed by atoms with van der Waals surface area (Å²) in [7, 11) is 0. The first-order valence-electron chi connectivity index (χ1n) is 8.44. The molecule has 1 saturated heterocycles. The number of hydrogen-bond acceptors (Lipinski definition) is 5. The van der Waals surface area contributed by atoms with Gasteiger partial charge in [0.2, 0.25) is 0 Å². The van der Waals surface area contributed by atoms with Gasteiger partial charge in [0.25, 0.3) is 10.8 Å². The van der Waals surface area contributed by atoms with Gasteiger partial charge in [-0.2, -0.15) is 0 Å². The Kier molecular flexibility index (Phi) is 5.46. The summed E-state index contributed by atoms with van der Waals surface area (Å²) in [5.74, 6) is 0. The minimum Gasteiger partial charge on any atom is -0.336 e. The number of thioether (sulfide) groups is 1. The number of rotatable bonds is 2. The second-order valence-electron chi connectivity index (χ2n) is 6.30. The highest BCUT2D eigenvalue weighted by Gasteiger charge is 2.25. The number of nitrogens with zero attached hydrogens (tertiary/aromatic N) is 4. The standard InChI is InChI=1S/C17H21N5O3S/c1-12(2)19-16(24)20-8-10-21(11-9-20)17(25)26-13-4-3-7-22-14(23)5-6-18-15(13)22/h3-7,12H,8-11H2,1-2H3,(H,19,24). The Morgan fingerprint density at radius 3 is 2.54 bits per heavy atom. The summed E-state index contributed by atoms with van der Waals surface area (Å²) in [6.07, 6.45) is 3.07. The molecular weight excluding hydrogens is 354 g/mol. The van der Waals surface area contributed by atoms with Gasteiger partial charge in [-0.05, 0) is 37.7 Å². The second-order valence-corrected chi connectivity index (χ2v) is 7.29. The highest BCUT2D eigenvalue weighted by Crippen LogP contribution is 2.25. The Hall–Kier alpha value is -2.55. The molecule has 3 heterocycles. The Morgan fingerprint density at radius 2 is 1.85 bits per heavy atom. The fourth-order valence-corrected chi connectivity index (χ4v) is 3.59. The lowest BCUT2D eigenvalue weighted by molar-refractivity contribution is 0.152. The number of carbonyl (C=O) groups is 2. The maximum atomic E-state index is 12.6. The molecule has 3 rings (SSSR count). The SMILES string of the molecule is CC(C)NC(=O)N1CCN(C(=O)Sc2cccn3c(=O)ccnc23)CC1. The van der Waals surface area contributed by atoms with Crippen molar-refractivity contribution in [3.8, 4) is 0 Å². The molecule has 1 aliphatic heterocycles. The molecule has 9 heteroatoms. The quantitative estimate of drug-likeness (QED) is 0.807. The first-order chi connectivity index (χ1) is 12.5. The van der Waals surface area contributed by atoms with Crippen LogP contribution in [0.2, 0.25) is 0 Å². The van der Waals surface area contributed by atoms with Crippen LogP contribution in [0, 0.1) is 0 Å². The maximum absolute atomic E-state index is 12.6. The summed E-state index contributed by atoms with van der Waals surface area (Å²) < 4.78 is 1.42. The molecule has 0 spiro atoms. The fourth-order valence-electron chi connectivity index (χ4n) is 2.70. The summed E-state index contributed by atoms with van der Waals surface area (Å²) in [5, 5.41) is 2.75. The van der Waals surface area contributed by atoms with E-state index in [1.165, 1.54) is 16.7 Å². The van der Waals surface area contributed by atoms with Crippen LogP contribution in [-0.4, -0.2) is 62.7 Å². The van der Waals surface area contributed by atoms with Crippen molar-refractivity contribution in [2.24, 2.45) is 0 Å². The average molecular weight is 375 g/mol. The fraction of sp³-hybridized carbons (Fsp3) is 0.412. The van der Waals surface area contributed by atoms with Gasteiger partial charge in [-0.3, -0.25) is 14.0 Å². The van der Waals surface area contributed by atoms with Crippen molar-refractivity contribution in [3.63, 3.8) is 0 Å². The van der Waals surface area contributed by atoms with Crippen molar-refractivity contribution in [2.45, 2.75) is 24.8 Å². The lowest BCUT2D eigenvalue weighted by Gasteiger charge is -2.34. The van der Waals surface area contributed by atoms with Crippen LogP contribution in [0.15, 0.2) is 40.3 Å². The van der Waals surface area contributed by atoms with Crippen LogP contribution >= 0.6 is 11.8 Å². The van der Waals surface area contributed by atoms with Crippen LogP contribution in [0.5, 0.6) is 0 Å².